The number of hydrogen-bond donors (Lipinski definition) is 3. The van der Waals surface area contributed by atoms with Crippen LogP contribution in [0.15, 0.2) is 54.9 Å². The molecule has 27 heavy (non-hydrogen) atoms. The highest BCUT2D eigenvalue weighted by Crippen LogP contribution is 2.28. The number of aromatic nitrogens is 2. The second-order valence-electron chi connectivity index (χ2n) is 5.59. The number of carbonyl (C=O) groups excluding carboxylic acids is 1. The molecule has 1 aromatic heterocycles. The van der Waals surface area contributed by atoms with E-state index >= 15 is 0 Å². The van der Waals surface area contributed by atoms with Crippen molar-refractivity contribution in [2.24, 2.45) is 0 Å². The first-order valence-corrected chi connectivity index (χ1v) is 8.50. The molecule has 0 aliphatic heterocycles. The smallest absolute Gasteiger partial charge is 0.339 e. The minimum atomic E-state index is -0.456. The molecule has 0 saturated carbocycles. The maximum absolute atomic E-state index is 11.9. The topological polar surface area (TPSA) is 102 Å². The molecule has 0 saturated heterocycles. The minimum Gasteiger partial charge on any atom is -0.465 e. The summed E-state index contributed by atoms with van der Waals surface area (Å²) in [6.45, 7) is 0.457. The predicted octanol–water partition coefficient (Wildman–Crippen LogP) is 3.85. The Hall–Kier alpha value is -3.32. The van der Waals surface area contributed by atoms with Crippen molar-refractivity contribution >= 4 is 40.6 Å². The Morgan fingerprint density at radius 2 is 1.81 bits per heavy atom. The Bertz CT molecular complexity index is 964. The maximum atomic E-state index is 11.9. The second kappa shape index (κ2) is 8.37. The van der Waals surface area contributed by atoms with Gasteiger partial charge in [0.25, 0.3) is 0 Å². The quantitative estimate of drug-likeness (QED) is 0.555. The number of esters is 1. The normalized spacial score (nSPS) is 10.3. The molecule has 138 valence electrons. The van der Waals surface area contributed by atoms with E-state index in [1.165, 1.54) is 13.4 Å². The van der Waals surface area contributed by atoms with Crippen molar-refractivity contribution in [3.05, 3.63) is 71.0 Å². The van der Waals surface area contributed by atoms with Crippen molar-refractivity contribution in [2.45, 2.75) is 6.54 Å². The van der Waals surface area contributed by atoms with Crippen molar-refractivity contribution in [2.75, 3.05) is 23.5 Å². The molecule has 4 N–H and O–H groups in total. The van der Waals surface area contributed by atoms with Crippen LogP contribution >= 0.6 is 11.6 Å². The van der Waals surface area contributed by atoms with Gasteiger partial charge in [-0.15, -0.1) is 0 Å². The Balaban J connectivity index is 1.82. The summed E-state index contributed by atoms with van der Waals surface area (Å²) in [6.07, 6.45) is 1.38. The minimum absolute atomic E-state index is 0.323. The fourth-order valence-electron chi connectivity index (χ4n) is 2.46. The molecule has 2 aromatic carbocycles. The van der Waals surface area contributed by atoms with Gasteiger partial charge in [0.15, 0.2) is 11.6 Å². The Morgan fingerprint density at radius 3 is 2.59 bits per heavy atom. The lowest BCUT2D eigenvalue weighted by atomic mass is 10.2. The average molecular weight is 384 g/mol. The van der Waals surface area contributed by atoms with Gasteiger partial charge >= 0.3 is 5.97 Å². The molecule has 0 radical (unpaired) electrons. The van der Waals surface area contributed by atoms with Crippen molar-refractivity contribution in [1.82, 2.24) is 9.97 Å². The molecular formula is C19H18ClN5O2. The number of carbonyl (C=O) groups is 1. The average Bonchev–Trinajstić information content (AvgIpc) is 2.69. The van der Waals surface area contributed by atoms with E-state index in [-0.39, 0.29) is 0 Å². The van der Waals surface area contributed by atoms with E-state index in [2.05, 4.69) is 20.6 Å². The molecule has 0 unspecified atom stereocenters. The van der Waals surface area contributed by atoms with E-state index in [0.717, 1.165) is 5.56 Å². The van der Waals surface area contributed by atoms with Gasteiger partial charge in [0.2, 0.25) is 0 Å². The summed E-state index contributed by atoms with van der Waals surface area (Å²) in [7, 11) is 1.33. The van der Waals surface area contributed by atoms with E-state index in [1.54, 1.807) is 24.3 Å². The number of rotatable bonds is 6. The summed E-state index contributed by atoms with van der Waals surface area (Å²) in [5.74, 6) is 0.383. The standard InChI is InChI=1S/C19H18ClN5O2/c1-27-19(26)13-7-3-5-9-15(13)25-18-16(21)17(23-11-24-18)22-10-12-6-2-4-8-14(12)20/h2-9,11H,10,21H2,1H3,(H2,22,23,24,25). The highest BCUT2D eigenvalue weighted by molar-refractivity contribution is 6.31. The Morgan fingerprint density at radius 1 is 1.11 bits per heavy atom. The third-order valence-corrected chi connectivity index (χ3v) is 4.24. The molecule has 0 aliphatic carbocycles. The number of halogens is 1. The number of nitrogen functional groups attached to an aromatic ring is 1. The predicted molar refractivity (Wildman–Crippen MR) is 106 cm³/mol. The Kier molecular flexibility index (Phi) is 5.73. The zero-order valence-electron chi connectivity index (χ0n) is 14.6. The number of nitrogens with two attached hydrogens (primary N) is 1. The van der Waals surface area contributed by atoms with Crippen LogP contribution in [-0.2, 0) is 11.3 Å². The summed E-state index contributed by atoms with van der Waals surface area (Å²) in [6, 6.07) is 14.4. The third kappa shape index (κ3) is 4.27. The van der Waals surface area contributed by atoms with Gasteiger partial charge in [0.1, 0.15) is 12.0 Å². The molecule has 1 heterocycles. The highest BCUT2D eigenvalue weighted by atomic mass is 35.5. The molecular weight excluding hydrogens is 366 g/mol. The van der Waals surface area contributed by atoms with Gasteiger partial charge < -0.3 is 21.1 Å². The van der Waals surface area contributed by atoms with Crippen LogP contribution < -0.4 is 16.4 Å². The van der Waals surface area contributed by atoms with Gasteiger partial charge in [0.05, 0.1) is 18.4 Å². The molecule has 8 heteroatoms. The van der Waals surface area contributed by atoms with Crippen molar-refractivity contribution in [3.8, 4) is 0 Å². The second-order valence-corrected chi connectivity index (χ2v) is 6.00. The van der Waals surface area contributed by atoms with Crippen LogP contribution in [0.2, 0.25) is 5.02 Å². The zero-order valence-corrected chi connectivity index (χ0v) is 15.3. The van der Waals surface area contributed by atoms with E-state index in [4.69, 9.17) is 22.1 Å². The largest absolute Gasteiger partial charge is 0.465 e. The molecule has 7 nitrogen and oxygen atoms in total. The van der Waals surface area contributed by atoms with Crippen LogP contribution in [0.5, 0.6) is 0 Å². The number of benzene rings is 2. The number of anilines is 4. The van der Waals surface area contributed by atoms with E-state index in [9.17, 15) is 4.79 Å². The third-order valence-electron chi connectivity index (χ3n) is 3.87. The van der Waals surface area contributed by atoms with Crippen molar-refractivity contribution in [1.29, 1.82) is 0 Å². The first-order valence-electron chi connectivity index (χ1n) is 8.12. The maximum Gasteiger partial charge on any atom is 0.339 e. The fourth-order valence-corrected chi connectivity index (χ4v) is 2.67. The molecule has 0 bridgehead atoms. The molecule has 3 aromatic rings. The van der Waals surface area contributed by atoms with Crippen LogP contribution in [-0.4, -0.2) is 23.0 Å². The SMILES string of the molecule is COC(=O)c1ccccc1Nc1ncnc(NCc2ccccc2Cl)c1N. The first-order chi connectivity index (χ1) is 13.1. The number of ether oxygens (including phenoxy) is 1. The van der Waals surface area contributed by atoms with Crippen LogP contribution in [0.25, 0.3) is 0 Å². The highest BCUT2D eigenvalue weighted by Gasteiger charge is 2.14. The number of methoxy groups -OCH3 is 1. The van der Waals surface area contributed by atoms with Crippen LogP contribution in [0.3, 0.4) is 0 Å². The lowest BCUT2D eigenvalue weighted by Crippen LogP contribution is -2.10. The van der Waals surface area contributed by atoms with Gasteiger partial charge in [-0.3, -0.25) is 0 Å². The van der Waals surface area contributed by atoms with Crippen molar-refractivity contribution < 1.29 is 9.53 Å². The summed E-state index contributed by atoms with van der Waals surface area (Å²) in [4.78, 5) is 20.3. The lowest BCUT2D eigenvalue weighted by Gasteiger charge is -2.14. The number of hydrogen-bond acceptors (Lipinski definition) is 7. The van der Waals surface area contributed by atoms with Crippen molar-refractivity contribution in [3.63, 3.8) is 0 Å². The Labute approximate surface area is 161 Å². The van der Waals surface area contributed by atoms with E-state index in [1.807, 2.05) is 24.3 Å². The molecule has 3 rings (SSSR count). The fraction of sp³-hybridized carbons (Fsp3) is 0.105. The van der Waals surface area contributed by atoms with Gasteiger partial charge in [-0.25, -0.2) is 14.8 Å². The van der Waals surface area contributed by atoms with E-state index in [0.29, 0.717) is 40.1 Å². The molecule has 0 fully saturated rings. The van der Waals surface area contributed by atoms with Gasteiger partial charge in [-0.05, 0) is 23.8 Å². The summed E-state index contributed by atoms with van der Waals surface area (Å²) < 4.78 is 4.80. The molecule has 0 amide bonds. The van der Waals surface area contributed by atoms with Crippen LogP contribution in [0.4, 0.5) is 23.0 Å². The van der Waals surface area contributed by atoms with Gasteiger partial charge in [-0.1, -0.05) is 41.9 Å². The molecule has 0 atom stereocenters. The lowest BCUT2D eigenvalue weighted by molar-refractivity contribution is 0.0602. The zero-order chi connectivity index (χ0) is 19.2. The monoisotopic (exact) mass is 383 g/mol. The number of nitrogens with zero attached hydrogens (tertiary/aromatic N) is 2. The summed E-state index contributed by atoms with van der Waals surface area (Å²) in [5.41, 5.74) is 8.35. The van der Waals surface area contributed by atoms with Crippen LogP contribution in [0, 0.1) is 0 Å². The summed E-state index contributed by atoms with van der Waals surface area (Å²) in [5, 5.41) is 6.87. The van der Waals surface area contributed by atoms with Crippen LogP contribution in [0.1, 0.15) is 15.9 Å². The molecule has 0 spiro atoms. The summed E-state index contributed by atoms with van der Waals surface area (Å²) >= 11 is 6.17. The molecule has 0 aliphatic rings. The van der Waals surface area contributed by atoms with E-state index < -0.39 is 5.97 Å². The van der Waals surface area contributed by atoms with Gasteiger partial charge in [-0.2, -0.15) is 0 Å². The first kappa shape index (κ1) is 18.5. The number of para-hydroxylation sites is 1. The van der Waals surface area contributed by atoms with Gasteiger partial charge in [0, 0.05) is 11.6 Å². The number of nitrogens with one attached hydrogen (secondary N) is 2.